The second kappa shape index (κ2) is 8.02. The van der Waals surface area contributed by atoms with E-state index in [-0.39, 0.29) is 19.2 Å². The second-order valence-electron chi connectivity index (χ2n) is 5.32. The molecule has 1 saturated heterocycles. The van der Waals surface area contributed by atoms with Crippen molar-refractivity contribution < 1.29 is 13.9 Å². The van der Waals surface area contributed by atoms with Crippen LogP contribution in [-0.2, 0) is 0 Å². The number of hydrogen-bond acceptors (Lipinski definition) is 3. The fourth-order valence-electron chi connectivity index (χ4n) is 2.65. The summed E-state index contributed by atoms with van der Waals surface area (Å²) < 4.78 is 24.5. The summed E-state index contributed by atoms with van der Waals surface area (Å²) in [6.07, 6.45) is 0.424. The number of aliphatic hydroxyl groups excluding tert-OH is 1. The summed E-state index contributed by atoms with van der Waals surface area (Å²) in [5, 5.41) is 12.0. The molecule has 0 aliphatic carbocycles. The lowest BCUT2D eigenvalue weighted by Crippen LogP contribution is -2.52. The van der Waals surface area contributed by atoms with Gasteiger partial charge in [-0.05, 0) is 32.1 Å². The lowest BCUT2D eigenvalue weighted by molar-refractivity contribution is 0.0770. The zero-order chi connectivity index (χ0) is 13.5. The van der Waals surface area contributed by atoms with Crippen LogP contribution in [0.1, 0.15) is 33.1 Å². The summed E-state index contributed by atoms with van der Waals surface area (Å²) in [4.78, 5) is 2.35. The fourth-order valence-corrected chi connectivity index (χ4v) is 2.65. The van der Waals surface area contributed by atoms with Crippen LogP contribution >= 0.6 is 0 Å². The lowest BCUT2D eigenvalue weighted by atomic mass is 9.90. The van der Waals surface area contributed by atoms with Gasteiger partial charge in [0.2, 0.25) is 0 Å². The SMILES string of the molecule is CCC(C)N1CC(CCO)CC(NCC(F)F)C1. The molecule has 108 valence electrons. The molecule has 1 aliphatic rings. The van der Waals surface area contributed by atoms with Gasteiger partial charge in [0.1, 0.15) is 0 Å². The number of nitrogens with zero attached hydrogens (tertiary/aromatic N) is 1. The van der Waals surface area contributed by atoms with Crippen molar-refractivity contribution in [3.05, 3.63) is 0 Å². The summed E-state index contributed by atoms with van der Waals surface area (Å²) in [7, 11) is 0. The zero-order valence-corrected chi connectivity index (χ0v) is 11.4. The monoisotopic (exact) mass is 264 g/mol. The van der Waals surface area contributed by atoms with Crippen molar-refractivity contribution in [3.63, 3.8) is 0 Å². The van der Waals surface area contributed by atoms with E-state index in [1.807, 2.05) is 0 Å². The molecule has 1 heterocycles. The van der Waals surface area contributed by atoms with Crippen LogP contribution in [0.4, 0.5) is 8.78 Å². The Kier molecular flexibility index (Phi) is 7.04. The Morgan fingerprint density at radius 2 is 2.11 bits per heavy atom. The molecule has 2 N–H and O–H groups in total. The average Bonchev–Trinajstić information content (AvgIpc) is 2.35. The molecule has 0 amide bonds. The Morgan fingerprint density at radius 1 is 1.39 bits per heavy atom. The van der Waals surface area contributed by atoms with Gasteiger partial charge >= 0.3 is 0 Å². The highest BCUT2D eigenvalue weighted by atomic mass is 19.3. The molecule has 0 aromatic heterocycles. The van der Waals surface area contributed by atoms with Crippen molar-refractivity contribution in [2.45, 2.75) is 51.6 Å². The third-order valence-electron chi connectivity index (χ3n) is 3.88. The number of piperidine rings is 1. The van der Waals surface area contributed by atoms with Gasteiger partial charge in [0.15, 0.2) is 0 Å². The van der Waals surface area contributed by atoms with Crippen molar-refractivity contribution in [2.24, 2.45) is 5.92 Å². The molecule has 18 heavy (non-hydrogen) atoms. The first-order valence-electron chi connectivity index (χ1n) is 6.93. The largest absolute Gasteiger partial charge is 0.396 e. The smallest absolute Gasteiger partial charge is 0.250 e. The summed E-state index contributed by atoms with van der Waals surface area (Å²) in [5.41, 5.74) is 0. The van der Waals surface area contributed by atoms with E-state index in [4.69, 9.17) is 5.11 Å². The minimum absolute atomic E-state index is 0.123. The number of halogens is 2. The number of nitrogens with one attached hydrogen (secondary N) is 1. The van der Waals surface area contributed by atoms with E-state index in [9.17, 15) is 8.78 Å². The van der Waals surface area contributed by atoms with Gasteiger partial charge in [-0.2, -0.15) is 0 Å². The van der Waals surface area contributed by atoms with Crippen molar-refractivity contribution in [3.8, 4) is 0 Å². The highest BCUT2D eigenvalue weighted by molar-refractivity contribution is 4.85. The normalized spacial score (nSPS) is 27.7. The van der Waals surface area contributed by atoms with Gasteiger partial charge in [-0.3, -0.25) is 4.90 Å². The molecule has 3 nitrogen and oxygen atoms in total. The summed E-state index contributed by atoms with van der Waals surface area (Å²) in [6.45, 7) is 6.07. The Balaban J connectivity index is 2.50. The van der Waals surface area contributed by atoms with Crippen LogP contribution in [0, 0.1) is 5.92 Å². The topological polar surface area (TPSA) is 35.5 Å². The maximum absolute atomic E-state index is 12.2. The van der Waals surface area contributed by atoms with Crippen LogP contribution in [0.25, 0.3) is 0 Å². The van der Waals surface area contributed by atoms with E-state index in [1.165, 1.54) is 0 Å². The van der Waals surface area contributed by atoms with E-state index < -0.39 is 6.43 Å². The summed E-state index contributed by atoms with van der Waals surface area (Å²) in [5.74, 6) is 0.410. The Bertz CT molecular complexity index is 229. The fraction of sp³-hybridized carbons (Fsp3) is 1.00. The van der Waals surface area contributed by atoms with Gasteiger partial charge in [-0.1, -0.05) is 6.92 Å². The lowest BCUT2D eigenvalue weighted by Gasteiger charge is -2.41. The van der Waals surface area contributed by atoms with Crippen molar-refractivity contribution >= 4 is 0 Å². The highest BCUT2D eigenvalue weighted by Crippen LogP contribution is 2.22. The predicted octanol–water partition coefficient (Wildman–Crippen LogP) is 1.71. The number of likely N-dealkylation sites (tertiary alicyclic amines) is 1. The molecule has 0 bridgehead atoms. The molecule has 0 radical (unpaired) electrons. The summed E-state index contributed by atoms with van der Waals surface area (Å²) in [6, 6.07) is 0.598. The molecule has 1 aliphatic heterocycles. The predicted molar refractivity (Wildman–Crippen MR) is 68.9 cm³/mol. The van der Waals surface area contributed by atoms with E-state index >= 15 is 0 Å². The standard InChI is InChI=1S/C13H26F2N2O/c1-3-10(2)17-8-11(4-5-18)6-12(9-17)16-7-13(14)15/h10-13,16,18H,3-9H2,1-2H3. The molecule has 3 atom stereocenters. The quantitative estimate of drug-likeness (QED) is 0.735. The second-order valence-corrected chi connectivity index (χ2v) is 5.32. The Labute approximate surface area is 109 Å². The molecule has 5 heteroatoms. The first-order chi connectivity index (χ1) is 8.56. The number of aliphatic hydroxyl groups is 1. The first-order valence-corrected chi connectivity index (χ1v) is 6.93. The summed E-state index contributed by atoms with van der Waals surface area (Å²) >= 11 is 0. The first kappa shape index (κ1) is 15.8. The van der Waals surface area contributed by atoms with Crippen LogP contribution < -0.4 is 5.32 Å². The maximum Gasteiger partial charge on any atom is 0.250 e. The molecular weight excluding hydrogens is 238 g/mol. The molecule has 1 rings (SSSR count). The van der Waals surface area contributed by atoms with Crippen molar-refractivity contribution in [1.82, 2.24) is 10.2 Å². The van der Waals surface area contributed by atoms with E-state index in [2.05, 4.69) is 24.1 Å². The van der Waals surface area contributed by atoms with Gasteiger partial charge in [0, 0.05) is 31.8 Å². The number of hydrogen-bond donors (Lipinski definition) is 2. The van der Waals surface area contributed by atoms with E-state index in [0.717, 1.165) is 32.4 Å². The van der Waals surface area contributed by atoms with Crippen LogP contribution in [-0.4, -0.2) is 54.8 Å². The van der Waals surface area contributed by atoms with E-state index in [1.54, 1.807) is 0 Å². The zero-order valence-electron chi connectivity index (χ0n) is 11.4. The third kappa shape index (κ3) is 5.16. The van der Waals surface area contributed by atoms with Crippen LogP contribution in [0.3, 0.4) is 0 Å². The number of rotatable bonds is 7. The minimum Gasteiger partial charge on any atom is -0.396 e. The maximum atomic E-state index is 12.2. The van der Waals surface area contributed by atoms with Gasteiger partial charge in [0.05, 0.1) is 6.54 Å². The minimum atomic E-state index is -2.29. The molecule has 1 fully saturated rings. The molecule has 0 aromatic carbocycles. The molecule has 3 unspecified atom stereocenters. The van der Waals surface area contributed by atoms with Gasteiger partial charge in [0.25, 0.3) is 6.43 Å². The van der Waals surface area contributed by atoms with Crippen molar-refractivity contribution in [1.29, 1.82) is 0 Å². The number of alkyl halides is 2. The third-order valence-corrected chi connectivity index (χ3v) is 3.88. The van der Waals surface area contributed by atoms with Crippen molar-refractivity contribution in [2.75, 3.05) is 26.2 Å². The highest BCUT2D eigenvalue weighted by Gasteiger charge is 2.29. The Morgan fingerprint density at radius 3 is 2.67 bits per heavy atom. The molecule has 0 spiro atoms. The van der Waals surface area contributed by atoms with E-state index in [0.29, 0.717) is 12.0 Å². The van der Waals surface area contributed by atoms with Crippen LogP contribution in [0.2, 0.25) is 0 Å². The van der Waals surface area contributed by atoms with Gasteiger partial charge in [-0.25, -0.2) is 8.78 Å². The van der Waals surface area contributed by atoms with Gasteiger partial charge in [-0.15, -0.1) is 0 Å². The Hall–Kier alpha value is -0.260. The van der Waals surface area contributed by atoms with Crippen LogP contribution in [0.15, 0.2) is 0 Å². The molecule has 0 aromatic rings. The van der Waals surface area contributed by atoms with Crippen LogP contribution in [0.5, 0.6) is 0 Å². The average molecular weight is 264 g/mol. The molecule has 0 saturated carbocycles. The molecular formula is C13H26F2N2O. The van der Waals surface area contributed by atoms with Gasteiger partial charge < -0.3 is 10.4 Å².